The van der Waals surface area contributed by atoms with Gasteiger partial charge in [0.2, 0.25) is 11.8 Å². The summed E-state index contributed by atoms with van der Waals surface area (Å²) in [5, 5.41) is 5.85. The van der Waals surface area contributed by atoms with E-state index in [4.69, 9.17) is 15.9 Å². The summed E-state index contributed by atoms with van der Waals surface area (Å²) in [5.74, 6) is 3.37. The number of benzene rings is 1. The van der Waals surface area contributed by atoms with Gasteiger partial charge in [0.1, 0.15) is 11.5 Å². The summed E-state index contributed by atoms with van der Waals surface area (Å²) in [6.07, 6.45) is 7.92. The van der Waals surface area contributed by atoms with Crippen molar-refractivity contribution in [2.45, 2.75) is 18.9 Å². The lowest BCUT2D eigenvalue weighted by molar-refractivity contribution is -0.131. The summed E-state index contributed by atoms with van der Waals surface area (Å²) >= 11 is 0. The van der Waals surface area contributed by atoms with Gasteiger partial charge in [-0.05, 0) is 31.2 Å². The molecule has 0 saturated heterocycles. The Morgan fingerprint density at radius 1 is 1.38 bits per heavy atom. The number of amides is 2. The highest BCUT2D eigenvalue weighted by Gasteiger charge is 2.30. The molecule has 2 atom stereocenters. The fourth-order valence-electron chi connectivity index (χ4n) is 3.33. The van der Waals surface area contributed by atoms with Crippen LogP contribution in [-0.2, 0) is 9.59 Å². The summed E-state index contributed by atoms with van der Waals surface area (Å²) in [4.78, 5) is 26.8. The van der Waals surface area contributed by atoms with E-state index in [-0.39, 0.29) is 24.2 Å². The first-order valence-corrected chi connectivity index (χ1v) is 9.51. The second-order valence-electron chi connectivity index (χ2n) is 6.98. The number of likely N-dealkylation sites (N-methyl/N-ethyl adjacent to an activating group) is 2. The first-order valence-electron chi connectivity index (χ1n) is 9.51. The lowest BCUT2D eigenvalue weighted by Crippen LogP contribution is -2.40. The summed E-state index contributed by atoms with van der Waals surface area (Å²) in [6, 6.07) is 4.90. The number of methoxy groups -OCH3 is 2. The zero-order chi connectivity index (χ0) is 21.4. The van der Waals surface area contributed by atoms with Crippen molar-refractivity contribution in [1.82, 2.24) is 15.5 Å². The second-order valence-corrected chi connectivity index (χ2v) is 6.98. The lowest BCUT2D eigenvalue weighted by Gasteiger charge is -2.25. The molecule has 156 valence electrons. The average Bonchev–Trinajstić information content (AvgIpc) is 2.89. The second kappa shape index (κ2) is 10.5. The van der Waals surface area contributed by atoms with Crippen molar-refractivity contribution in [2.24, 2.45) is 5.92 Å². The molecule has 7 nitrogen and oxygen atoms in total. The molecule has 1 aliphatic heterocycles. The highest BCUT2D eigenvalue weighted by Crippen LogP contribution is 2.36. The third-order valence-electron chi connectivity index (χ3n) is 5.05. The zero-order valence-corrected chi connectivity index (χ0v) is 17.5. The molecular weight excluding hydrogens is 370 g/mol. The molecule has 7 heteroatoms. The minimum atomic E-state index is -0.526. The number of carbonyl (C=O) groups is 2. The first-order chi connectivity index (χ1) is 13.9. The zero-order valence-electron chi connectivity index (χ0n) is 17.5. The molecule has 29 heavy (non-hydrogen) atoms. The van der Waals surface area contributed by atoms with E-state index in [1.807, 2.05) is 19.2 Å². The smallest absolute Gasteiger partial charge is 0.245 e. The number of rotatable bonds is 8. The molecule has 0 radical (unpaired) electrons. The summed E-state index contributed by atoms with van der Waals surface area (Å²) in [6.45, 7) is 1.31. The Hall–Kier alpha value is -2.98. The van der Waals surface area contributed by atoms with E-state index in [0.717, 1.165) is 11.1 Å². The molecule has 1 aromatic carbocycles. The molecule has 0 bridgehead atoms. The highest BCUT2D eigenvalue weighted by molar-refractivity contribution is 5.97. The Balaban J connectivity index is 2.30. The van der Waals surface area contributed by atoms with Gasteiger partial charge in [0, 0.05) is 50.2 Å². The number of nitrogens with zero attached hydrogens (tertiary/aromatic N) is 1. The Labute approximate surface area is 172 Å². The van der Waals surface area contributed by atoms with Crippen molar-refractivity contribution in [2.75, 3.05) is 41.4 Å². The van der Waals surface area contributed by atoms with Crippen LogP contribution >= 0.6 is 0 Å². The number of hydrogen-bond acceptors (Lipinski definition) is 5. The van der Waals surface area contributed by atoms with Crippen molar-refractivity contribution in [1.29, 1.82) is 0 Å². The van der Waals surface area contributed by atoms with E-state index in [2.05, 4.69) is 16.6 Å². The predicted molar refractivity (Wildman–Crippen MR) is 113 cm³/mol. The number of ether oxygens (including phenoxy) is 2. The molecule has 0 fully saturated rings. The Kier molecular flexibility index (Phi) is 8.10. The van der Waals surface area contributed by atoms with Gasteiger partial charge in [0.05, 0.1) is 20.3 Å². The van der Waals surface area contributed by atoms with Gasteiger partial charge in [0.25, 0.3) is 0 Å². The van der Waals surface area contributed by atoms with E-state index >= 15 is 0 Å². The van der Waals surface area contributed by atoms with Gasteiger partial charge in [0.15, 0.2) is 0 Å². The largest absolute Gasteiger partial charge is 0.497 e. The van der Waals surface area contributed by atoms with Gasteiger partial charge in [-0.15, -0.1) is 6.42 Å². The molecule has 2 rings (SSSR count). The highest BCUT2D eigenvalue weighted by atomic mass is 16.5. The van der Waals surface area contributed by atoms with Gasteiger partial charge < -0.3 is 25.0 Å². The Morgan fingerprint density at radius 2 is 2.14 bits per heavy atom. The Morgan fingerprint density at radius 3 is 2.76 bits per heavy atom. The van der Waals surface area contributed by atoms with Gasteiger partial charge in [-0.25, -0.2) is 0 Å². The molecule has 0 saturated carbocycles. The van der Waals surface area contributed by atoms with Crippen molar-refractivity contribution < 1.29 is 19.1 Å². The maximum Gasteiger partial charge on any atom is 0.245 e. The topological polar surface area (TPSA) is 79.9 Å². The van der Waals surface area contributed by atoms with Crippen LogP contribution in [0.3, 0.4) is 0 Å². The van der Waals surface area contributed by atoms with E-state index < -0.39 is 6.04 Å². The van der Waals surface area contributed by atoms with Crippen LogP contribution in [0.2, 0.25) is 0 Å². The predicted octanol–water partition coefficient (Wildman–Crippen LogP) is 1.29. The molecule has 1 heterocycles. The first kappa shape index (κ1) is 22.3. The van der Waals surface area contributed by atoms with Crippen LogP contribution in [0.5, 0.6) is 11.5 Å². The van der Waals surface area contributed by atoms with Crippen LogP contribution in [0, 0.1) is 18.3 Å². The molecule has 0 aliphatic carbocycles. The standard InChI is InChI=1S/C22H29N3O4/c1-6-19-16(13-22(27)25(3)10-9-23-2)11-15(12-21(26)24-19)18-8-7-17(28-4)14-20(18)29-5/h1,7-8,12,14,16,19,23H,9-11,13H2,2-5H3,(H,24,26). The van der Waals surface area contributed by atoms with Crippen molar-refractivity contribution in [3.05, 3.63) is 29.8 Å². The number of carbonyl (C=O) groups excluding carboxylic acids is 2. The molecule has 1 aromatic rings. The normalized spacial score (nSPS) is 18.7. The average molecular weight is 399 g/mol. The summed E-state index contributed by atoms with van der Waals surface area (Å²) < 4.78 is 10.7. The maximum atomic E-state index is 12.7. The maximum absolute atomic E-state index is 12.7. The molecule has 1 aliphatic rings. The van der Waals surface area contributed by atoms with Crippen LogP contribution in [0.15, 0.2) is 24.3 Å². The fourth-order valence-corrected chi connectivity index (χ4v) is 3.33. The number of terminal acetylenes is 1. The van der Waals surface area contributed by atoms with Gasteiger partial charge in [-0.1, -0.05) is 5.92 Å². The molecule has 0 aromatic heterocycles. The van der Waals surface area contributed by atoms with Gasteiger partial charge >= 0.3 is 0 Å². The summed E-state index contributed by atoms with van der Waals surface area (Å²) in [5.41, 5.74) is 1.55. The Bertz CT molecular complexity index is 813. The molecular formula is C22H29N3O4. The van der Waals surface area contributed by atoms with Crippen LogP contribution < -0.4 is 20.1 Å². The molecule has 0 spiro atoms. The van der Waals surface area contributed by atoms with Crippen LogP contribution in [0.25, 0.3) is 5.57 Å². The third-order valence-corrected chi connectivity index (χ3v) is 5.05. The van der Waals surface area contributed by atoms with E-state index in [1.54, 1.807) is 32.2 Å². The molecule has 2 unspecified atom stereocenters. The van der Waals surface area contributed by atoms with Gasteiger partial charge in [-0.2, -0.15) is 0 Å². The monoisotopic (exact) mass is 399 g/mol. The molecule has 2 N–H and O–H groups in total. The number of nitrogens with one attached hydrogen (secondary N) is 2. The summed E-state index contributed by atoms with van der Waals surface area (Å²) in [7, 11) is 6.75. The van der Waals surface area contributed by atoms with E-state index in [0.29, 0.717) is 31.0 Å². The number of allylic oxidation sites excluding steroid dienone is 1. The van der Waals surface area contributed by atoms with E-state index in [1.165, 1.54) is 6.08 Å². The third kappa shape index (κ3) is 5.75. The minimum Gasteiger partial charge on any atom is -0.497 e. The van der Waals surface area contributed by atoms with Crippen LogP contribution in [0.4, 0.5) is 0 Å². The molecule has 2 amide bonds. The van der Waals surface area contributed by atoms with Crippen LogP contribution in [-0.4, -0.2) is 64.2 Å². The minimum absolute atomic E-state index is 0.0114. The van der Waals surface area contributed by atoms with Crippen molar-refractivity contribution >= 4 is 17.4 Å². The van der Waals surface area contributed by atoms with Crippen molar-refractivity contribution in [3.8, 4) is 23.8 Å². The SMILES string of the molecule is C#CC1NC(=O)C=C(c2ccc(OC)cc2OC)CC1CC(=O)N(C)CCNC. The van der Waals surface area contributed by atoms with E-state index in [9.17, 15) is 9.59 Å². The quantitative estimate of drug-likeness (QED) is 0.644. The van der Waals surface area contributed by atoms with Gasteiger partial charge in [-0.3, -0.25) is 9.59 Å². The number of hydrogen-bond donors (Lipinski definition) is 2. The fraction of sp³-hybridized carbons (Fsp3) is 0.455. The lowest BCUT2D eigenvalue weighted by atomic mass is 9.87. The van der Waals surface area contributed by atoms with Crippen LogP contribution in [0.1, 0.15) is 18.4 Å². The van der Waals surface area contributed by atoms with Crippen molar-refractivity contribution in [3.63, 3.8) is 0 Å².